The van der Waals surface area contributed by atoms with Crippen LogP contribution in [0, 0.1) is 23.7 Å². The third-order valence-electron chi connectivity index (χ3n) is 4.59. The zero-order valence-corrected chi connectivity index (χ0v) is 9.36. The van der Waals surface area contributed by atoms with Crippen molar-refractivity contribution >= 4 is 5.78 Å². The zero-order valence-electron chi connectivity index (χ0n) is 9.36. The fourth-order valence-corrected chi connectivity index (χ4v) is 3.71. The lowest BCUT2D eigenvalue weighted by atomic mass is 9.52. The Labute approximate surface area is 90.1 Å². The van der Waals surface area contributed by atoms with Gasteiger partial charge in [-0.25, -0.2) is 0 Å². The molecule has 0 aromatic carbocycles. The van der Waals surface area contributed by atoms with Gasteiger partial charge in [0, 0.05) is 23.7 Å². The molecule has 2 saturated carbocycles. The lowest BCUT2D eigenvalue weighted by molar-refractivity contribution is -0.314. The van der Waals surface area contributed by atoms with Gasteiger partial charge in [-0.15, -0.1) is 0 Å². The number of Topliss-reactive ketones (excluding diaryl/α,β-unsaturated/α-hetero) is 1. The van der Waals surface area contributed by atoms with Gasteiger partial charge in [0.1, 0.15) is 5.78 Å². The highest BCUT2D eigenvalue weighted by Gasteiger charge is 2.67. The van der Waals surface area contributed by atoms with Crippen molar-refractivity contribution in [3.05, 3.63) is 0 Å². The summed E-state index contributed by atoms with van der Waals surface area (Å²) in [4.78, 5) is 12.0. The maximum Gasteiger partial charge on any atom is 0.175 e. The van der Waals surface area contributed by atoms with Crippen LogP contribution in [0.3, 0.4) is 0 Å². The Bertz CT molecular complexity index is 293. The third kappa shape index (κ3) is 1.06. The van der Waals surface area contributed by atoms with E-state index >= 15 is 0 Å². The summed E-state index contributed by atoms with van der Waals surface area (Å²) >= 11 is 0. The molecular formula is C12H18O3. The van der Waals surface area contributed by atoms with E-state index in [0.29, 0.717) is 24.9 Å². The van der Waals surface area contributed by atoms with Gasteiger partial charge in [0.2, 0.25) is 0 Å². The topological polar surface area (TPSA) is 35.5 Å². The van der Waals surface area contributed by atoms with Crippen LogP contribution >= 0.6 is 0 Å². The normalized spacial score (nSPS) is 47.7. The Morgan fingerprint density at radius 2 is 1.87 bits per heavy atom. The second-order valence-corrected chi connectivity index (χ2v) is 5.22. The van der Waals surface area contributed by atoms with E-state index in [-0.39, 0.29) is 23.5 Å². The molecule has 3 rings (SSSR count). The molecule has 0 aromatic rings. The lowest BCUT2D eigenvalue weighted by Crippen LogP contribution is -2.66. The predicted octanol–water partition coefficient (Wildman–Crippen LogP) is 1.61. The van der Waals surface area contributed by atoms with E-state index in [1.807, 2.05) is 6.92 Å². The minimum Gasteiger partial charge on any atom is -0.347 e. The molecule has 3 heteroatoms. The Morgan fingerprint density at radius 1 is 1.20 bits per heavy atom. The van der Waals surface area contributed by atoms with Gasteiger partial charge in [0.15, 0.2) is 5.79 Å². The number of hydrogen-bond acceptors (Lipinski definition) is 3. The Balaban J connectivity index is 1.86. The van der Waals surface area contributed by atoms with E-state index in [1.54, 1.807) is 0 Å². The van der Waals surface area contributed by atoms with E-state index in [9.17, 15) is 4.79 Å². The van der Waals surface area contributed by atoms with Gasteiger partial charge in [-0.2, -0.15) is 0 Å². The number of rotatable bonds is 0. The Hall–Kier alpha value is -0.410. The first-order chi connectivity index (χ1) is 7.17. The third-order valence-corrected chi connectivity index (χ3v) is 4.59. The summed E-state index contributed by atoms with van der Waals surface area (Å²) in [6.07, 6.45) is 2.09. The predicted molar refractivity (Wildman–Crippen MR) is 54.2 cm³/mol. The summed E-state index contributed by atoms with van der Waals surface area (Å²) in [6, 6.07) is 0. The second-order valence-electron chi connectivity index (χ2n) is 5.22. The van der Waals surface area contributed by atoms with Crippen LogP contribution in [0.15, 0.2) is 0 Å². The van der Waals surface area contributed by atoms with Crippen molar-refractivity contribution in [2.75, 3.05) is 13.2 Å². The van der Waals surface area contributed by atoms with E-state index in [4.69, 9.17) is 9.47 Å². The summed E-state index contributed by atoms with van der Waals surface area (Å²) in [7, 11) is 0. The number of carbonyl (C=O) groups is 1. The summed E-state index contributed by atoms with van der Waals surface area (Å²) in [5.41, 5.74) is 0. The maximum absolute atomic E-state index is 12.0. The molecule has 4 atom stereocenters. The minimum absolute atomic E-state index is 0.201. The van der Waals surface area contributed by atoms with Crippen molar-refractivity contribution in [2.45, 2.75) is 32.5 Å². The summed E-state index contributed by atoms with van der Waals surface area (Å²) < 4.78 is 11.5. The number of hydrogen-bond donors (Lipinski definition) is 0. The maximum atomic E-state index is 12.0. The fourth-order valence-electron chi connectivity index (χ4n) is 3.71. The number of fused-ring (bicyclic) bond motifs is 2. The molecule has 0 bridgehead atoms. The van der Waals surface area contributed by atoms with Gasteiger partial charge in [-0.3, -0.25) is 4.79 Å². The monoisotopic (exact) mass is 210 g/mol. The largest absolute Gasteiger partial charge is 0.347 e. The van der Waals surface area contributed by atoms with Gasteiger partial charge in [0.05, 0.1) is 13.2 Å². The van der Waals surface area contributed by atoms with Crippen LogP contribution in [0.5, 0.6) is 0 Å². The molecule has 3 nitrogen and oxygen atoms in total. The van der Waals surface area contributed by atoms with Gasteiger partial charge in [-0.05, 0) is 12.8 Å². The van der Waals surface area contributed by atoms with Crippen LogP contribution in [-0.4, -0.2) is 24.8 Å². The van der Waals surface area contributed by atoms with Crippen LogP contribution in [0.25, 0.3) is 0 Å². The van der Waals surface area contributed by atoms with Crippen LogP contribution < -0.4 is 0 Å². The van der Waals surface area contributed by atoms with Gasteiger partial charge >= 0.3 is 0 Å². The van der Waals surface area contributed by atoms with Crippen LogP contribution in [0.1, 0.15) is 26.7 Å². The molecule has 1 aliphatic heterocycles. The standard InChI is InChI=1S/C12H18O3/c1-7-3-4-9-10(11(7)13)8(2)12(9)14-5-6-15-12/h7-10H,3-6H2,1-2H3/t7-,8-,9+,10+/m1/s1. The molecule has 0 unspecified atom stereocenters. The molecule has 0 radical (unpaired) electrons. The zero-order chi connectivity index (χ0) is 10.6. The highest BCUT2D eigenvalue weighted by atomic mass is 16.7. The van der Waals surface area contributed by atoms with E-state index in [1.165, 1.54) is 0 Å². The molecule has 15 heavy (non-hydrogen) atoms. The SMILES string of the molecule is C[C@@H]1CC[C@H]2[C@@H](C1=O)[C@@H](C)C21OCCO1. The molecule has 1 heterocycles. The summed E-state index contributed by atoms with van der Waals surface area (Å²) in [5, 5.41) is 0. The fraction of sp³-hybridized carbons (Fsp3) is 0.917. The first-order valence-corrected chi connectivity index (χ1v) is 5.98. The van der Waals surface area contributed by atoms with Crippen molar-refractivity contribution in [1.82, 2.24) is 0 Å². The first kappa shape index (κ1) is 9.79. The van der Waals surface area contributed by atoms with Crippen molar-refractivity contribution in [3.8, 4) is 0 Å². The summed E-state index contributed by atoms with van der Waals surface area (Å²) in [6.45, 7) is 5.53. The number of carbonyl (C=O) groups excluding carboxylic acids is 1. The number of ether oxygens (including phenoxy) is 2. The molecule has 1 saturated heterocycles. The highest BCUT2D eigenvalue weighted by Crippen LogP contribution is 2.59. The van der Waals surface area contributed by atoms with Crippen LogP contribution in [0.4, 0.5) is 0 Å². The molecule has 84 valence electrons. The van der Waals surface area contributed by atoms with Crippen LogP contribution in [0.2, 0.25) is 0 Å². The highest BCUT2D eigenvalue weighted by molar-refractivity contribution is 5.86. The average molecular weight is 210 g/mol. The Morgan fingerprint density at radius 3 is 2.53 bits per heavy atom. The van der Waals surface area contributed by atoms with Crippen molar-refractivity contribution < 1.29 is 14.3 Å². The molecule has 1 spiro atoms. The minimum atomic E-state index is -0.388. The molecule has 0 N–H and O–H groups in total. The van der Waals surface area contributed by atoms with E-state index in [0.717, 1.165) is 12.8 Å². The van der Waals surface area contributed by atoms with Crippen molar-refractivity contribution in [1.29, 1.82) is 0 Å². The molecule has 0 amide bonds. The second kappa shape index (κ2) is 3.05. The van der Waals surface area contributed by atoms with E-state index < -0.39 is 0 Å². The number of ketones is 1. The van der Waals surface area contributed by atoms with Gasteiger partial charge < -0.3 is 9.47 Å². The average Bonchev–Trinajstić information content (AvgIpc) is 2.72. The Kier molecular flexibility index (Phi) is 1.99. The van der Waals surface area contributed by atoms with E-state index in [2.05, 4.69) is 6.92 Å². The quantitative estimate of drug-likeness (QED) is 0.609. The molecule has 0 aromatic heterocycles. The summed E-state index contributed by atoms with van der Waals surface area (Å²) in [5.74, 6) is 1.07. The first-order valence-electron chi connectivity index (χ1n) is 5.98. The van der Waals surface area contributed by atoms with Crippen molar-refractivity contribution in [3.63, 3.8) is 0 Å². The molecule has 2 aliphatic carbocycles. The van der Waals surface area contributed by atoms with Crippen LogP contribution in [-0.2, 0) is 14.3 Å². The molecule has 3 aliphatic rings. The van der Waals surface area contributed by atoms with Gasteiger partial charge in [0.25, 0.3) is 0 Å². The van der Waals surface area contributed by atoms with Crippen molar-refractivity contribution in [2.24, 2.45) is 23.7 Å². The molecule has 3 fully saturated rings. The lowest BCUT2D eigenvalue weighted by Gasteiger charge is -2.58. The smallest absolute Gasteiger partial charge is 0.175 e. The van der Waals surface area contributed by atoms with Gasteiger partial charge in [-0.1, -0.05) is 13.8 Å². The molecular weight excluding hydrogens is 192 g/mol.